The third-order valence-electron chi connectivity index (χ3n) is 4.51. The molecule has 2 N–H and O–H groups in total. The Labute approximate surface area is 168 Å². The summed E-state index contributed by atoms with van der Waals surface area (Å²) in [7, 11) is 1.54. The van der Waals surface area contributed by atoms with E-state index in [1.54, 1.807) is 31.2 Å². The Kier molecular flexibility index (Phi) is 5.90. The molecule has 1 aliphatic rings. The third-order valence-corrected chi connectivity index (χ3v) is 4.88. The fourth-order valence-corrected chi connectivity index (χ4v) is 3.36. The lowest BCUT2D eigenvalue weighted by Gasteiger charge is -2.28. The van der Waals surface area contributed by atoms with E-state index in [0.717, 1.165) is 11.1 Å². The monoisotopic (exact) mass is 400 g/mol. The summed E-state index contributed by atoms with van der Waals surface area (Å²) in [5, 5.41) is 6.05. The smallest absolute Gasteiger partial charge is 0.319 e. The van der Waals surface area contributed by atoms with Crippen LogP contribution in [0.15, 0.2) is 53.7 Å². The number of rotatable bonds is 6. The summed E-state index contributed by atoms with van der Waals surface area (Å²) in [4.78, 5) is 24.0. The van der Waals surface area contributed by atoms with Crippen molar-refractivity contribution in [1.82, 2.24) is 10.6 Å². The quantitative estimate of drug-likeness (QED) is 0.763. The highest BCUT2D eigenvalue weighted by Crippen LogP contribution is 2.35. The van der Waals surface area contributed by atoms with Crippen molar-refractivity contribution in [1.29, 1.82) is 0 Å². The Balaban J connectivity index is 1.88. The number of carbonyl (C=O) groups excluding carboxylic acids is 2. The van der Waals surface area contributed by atoms with E-state index in [1.807, 2.05) is 18.2 Å². The Bertz CT molecular complexity index is 955. The van der Waals surface area contributed by atoms with Crippen LogP contribution in [0.1, 0.15) is 31.0 Å². The van der Waals surface area contributed by atoms with Gasteiger partial charge in [-0.2, -0.15) is 0 Å². The van der Waals surface area contributed by atoms with Crippen LogP contribution in [0.2, 0.25) is 5.02 Å². The lowest BCUT2D eigenvalue weighted by Crippen LogP contribution is -2.44. The zero-order chi connectivity index (χ0) is 20.3. The van der Waals surface area contributed by atoms with Gasteiger partial charge in [0.15, 0.2) is 17.3 Å². The second kappa shape index (κ2) is 8.35. The van der Waals surface area contributed by atoms with Gasteiger partial charge >= 0.3 is 6.03 Å². The van der Waals surface area contributed by atoms with Gasteiger partial charge in [-0.25, -0.2) is 4.79 Å². The summed E-state index contributed by atoms with van der Waals surface area (Å²) in [6.45, 7) is 3.47. The first-order valence-corrected chi connectivity index (χ1v) is 9.12. The largest absolute Gasteiger partial charge is 0.493 e. The number of urea groups is 1. The van der Waals surface area contributed by atoms with Gasteiger partial charge in [-0.1, -0.05) is 35.9 Å². The zero-order valence-electron chi connectivity index (χ0n) is 15.8. The molecule has 0 fully saturated rings. The molecule has 2 amide bonds. The maximum absolute atomic E-state index is 12.1. The Morgan fingerprint density at radius 3 is 2.61 bits per heavy atom. The van der Waals surface area contributed by atoms with Crippen LogP contribution in [-0.2, 0) is 11.4 Å². The van der Waals surface area contributed by atoms with E-state index < -0.39 is 6.04 Å². The standard InChI is InChI=1S/C21H21ClN2O4/c1-12-19(13(2)25)20(24-21(26)23-12)14-8-9-17(18(10-14)27-3)28-11-15-6-4-5-7-16(15)22/h4-10,20H,11H2,1-3H3,(H2,23,24,26). The van der Waals surface area contributed by atoms with E-state index in [4.69, 9.17) is 21.1 Å². The van der Waals surface area contributed by atoms with Gasteiger partial charge in [0.05, 0.1) is 13.2 Å². The normalized spacial score (nSPS) is 16.3. The van der Waals surface area contributed by atoms with Crippen molar-refractivity contribution in [3.05, 3.63) is 69.9 Å². The van der Waals surface area contributed by atoms with Crippen molar-refractivity contribution in [2.45, 2.75) is 26.5 Å². The van der Waals surface area contributed by atoms with Gasteiger partial charge in [-0.3, -0.25) is 4.79 Å². The molecule has 0 saturated carbocycles. The molecule has 3 rings (SSSR count). The maximum Gasteiger partial charge on any atom is 0.319 e. The summed E-state index contributed by atoms with van der Waals surface area (Å²) in [6, 6.07) is 11.8. The first-order valence-electron chi connectivity index (χ1n) is 8.74. The molecule has 28 heavy (non-hydrogen) atoms. The van der Waals surface area contributed by atoms with E-state index in [9.17, 15) is 9.59 Å². The molecule has 6 nitrogen and oxygen atoms in total. The molecule has 1 heterocycles. The third kappa shape index (κ3) is 4.12. The molecule has 1 aliphatic heterocycles. The van der Waals surface area contributed by atoms with Gasteiger partial charge in [0, 0.05) is 21.9 Å². The van der Waals surface area contributed by atoms with Gasteiger partial charge in [-0.05, 0) is 37.6 Å². The van der Waals surface area contributed by atoms with Crippen LogP contribution in [0.5, 0.6) is 11.5 Å². The number of hydrogen-bond acceptors (Lipinski definition) is 4. The number of hydrogen-bond donors (Lipinski definition) is 2. The molecule has 2 aromatic carbocycles. The van der Waals surface area contributed by atoms with Crippen molar-refractivity contribution in [3.63, 3.8) is 0 Å². The van der Waals surface area contributed by atoms with Gasteiger partial charge in [0.2, 0.25) is 0 Å². The first-order chi connectivity index (χ1) is 13.4. The molecule has 7 heteroatoms. The number of allylic oxidation sites excluding steroid dienone is 1. The van der Waals surface area contributed by atoms with Gasteiger partial charge in [0.25, 0.3) is 0 Å². The number of ether oxygens (including phenoxy) is 2. The molecule has 0 aromatic heterocycles. The van der Waals surface area contributed by atoms with Crippen LogP contribution in [0.4, 0.5) is 4.79 Å². The van der Waals surface area contributed by atoms with Gasteiger partial charge in [0.1, 0.15) is 6.61 Å². The molecular formula is C21H21ClN2O4. The van der Waals surface area contributed by atoms with Crippen LogP contribution in [0, 0.1) is 0 Å². The summed E-state index contributed by atoms with van der Waals surface area (Å²) >= 11 is 6.17. The number of methoxy groups -OCH3 is 1. The Morgan fingerprint density at radius 2 is 1.93 bits per heavy atom. The molecular weight excluding hydrogens is 380 g/mol. The minimum absolute atomic E-state index is 0.118. The molecule has 1 unspecified atom stereocenters. The van der Waals surface area contributed by atoms with Crippen molar-refractivity contribution in [3.8, 4) is 11.5 Å². The van der Waals surface area contributed by atoms with Crippen molar-refractivity contribution in [2.75, 3.05) is 7.11 Å². The second-order valence-electron chi connectivity index (χ2n) is 6.42. The van der Waals surface area contributed by atoms with E-state index in [1.165, 1.54) is 14.0 Å². The average Bonchev–Trinajstić information content (AvgIpc) is 2.66. The lowest BCUT2D eigenvalue weighted by atomic mass is 9.93. The number of amides is 2. The average molecular weight is 401 g/mol. The van der Waals surface area contributed by atoms with Crippen LogP contribution >= 0.6 is 11.6 Å². The number of carbonyl (C=O) groups is 2. The van der Waals surface area contributed by atoms with Crippen LogP contribution in [0.25, 0.3) is 0 Å². The SMILES string of the molecule is COc1cc(C2NC(=O)NC(C)=C2C(C)=O)ccc1OCc1ccccc1Cl. The zero-order valence-corrected chi connectivity index (χ0v) is 16.6. The maximum atomic E-state index is 12.1. The fourth-order valence-electron chi connectivity index (χ4n) is 3.16. The summed E-state index contributed by atoms with van der Waals surface area (Å²) < 4.78 is 11.3. The van der Waals surface area contributed by atoms with Crippen molar-refractivity contribution >= 4 is 23.4 Å². The van der Waals surface area contributed by atoms with Crippen molar-refractivity contribution in [2.24, 2.45) is 0 Å². The van der Waals surface area contributed by atoms with Gasteiger partial charge in [-0.15, -0.1) is 0 Å². The minimum atomic E-state index is -0.558. The first kappa shape index (κ1) is 19.8. The van der Waals surface area contributed by atoms with Crippen LogP contribution in [-0.4, -0.2) is 18.9 Å². The second-order valence-corrected chi connectivity index (χ2v) is 6.82. The molecule has 0 saturated heterocycles. The topological polar surface area (TPSA) is 76.7 Å². The molecule has 1 atom stereocenters. The highest BCUT2D eigenvalue weighted by atomic mass is 35.5. The molecule has 0 radical (unpaired) electrons. The predicted octanol–water partition coefficient (Wildman–Crippen LogP) is 4.14. The number of halogens is 1. The fraction of sp³-hybridized carbons (Fsp3) is 0.238. The highest BCUT2D eigenvalue weighted by molar-refractivity contribution is 6.31. The molecule has 0 aliphatic carbocycles. The number of Topliss-reactive ketones (excluding diaryl/α,β-unsaturated/α-hetero) is 1. The van der Waals surface area contributed by atoms with E-state index in [2.05, 4.69) is 10.6 Å². The minimum Gasteiger partial charge on any atom is -0.493 e. The molecule has 0 spiro atoms. The summed E-state index contributed by atoms with van der Waals surface area (Å²) in [5.41, 5.74) is 2.63. The Morgan fingerprint density at radius 1 is 1.18 bits per heavy atom. The molecule has 146 valence electrons. The van der Waals surface area contributed by atoms with E-state index >= 15 is 0 Å². The number of benzene rings is 2. The number of nitrogens with one attached hydrogen (secondary N) is 2. The Hall–Kier alpha value is -2.99. The molecule has 2 aromatic rings. The number of ketones is 1. The summed E-state index contributed by atoms with van der Waals surface area (Å²) in [6.07, 6.45) is 0. The lowest BCUT2D eigenvalue weighted by molar-refractivity contribution is -0.114. The van der Waals surface area contributed by atoms with Gasteiger partial charge < -0.3 is 20.1 Å². The highest BCUT2D eigenvalue weighted by Gasteiger charge is 2.29. The van der Waals surface area contributed by atoms with Crippen LogP contribution < -0.4 is 20.1 Å². The van der Waals surface area contributed by atoms with E-state index in [-0.39, 0.29) is 18.4 Å². The predicted molar refractivity (Wildman–Crippen MR) is 107 cm³/mol. The summed E-state index contributed by atoms with van der Waals surface area (Å²) in [5.74, 6) is 0.919. The van der Waals surface area contributed by atoms with Crippen LogP contribution in [0.3, 0.4) is 0 Å². The van der Waals surface area contributed by atoms with E-state index in [0.29, 0.717) is 27.8 Å². The molecule has 0 bridgehead atoms. The van der Waals surface area contributed by atoms with Crippen molar-refractivity contribution < 1.29 is 19.1 Å².